The Morgan fingerprint density at radius 3 is 2.65 bits per heavy atom. The van der Waals surface area contributed by atoms with Crippen LogP contribution in [-0.4, -0.2) is 9.78 Å². The Bertz CT molecular complexity index is 518. The van der Waals surface area contributed by atoms with Gasteiger partial charge in [-0.25, -0.2) is 13.5 Å². The highest BCUT2D eigenvalue weighted by molar-refractivity contribution is 5.33. The van der Waals surface area contributed by atoms with Crippen LogP contribution in [0.25, 0.3) is 5.69 Å². The lowest BCUT2D eigenvalue weighted by atomic mass is 10.1. The monoisotopic (exact) mass is 236 g/mol. The molecular formula is C13H14F2N2. The van der Waals surface area contributed by atoms with Gasteiger partial charge in [-0.3, -0.25) is 0 Å². The summed E-state index contributed by atoms with van der Waals surface area (Å²) in [5, 5.41) is 4.27. The number of rotatable bonds is 3. The van der Waals surface area contributed by atoms with Crippen LogP contribution in [0.5, 0.6) is 0 Å². The van der Waals surface area contributed by atoms with Crippen molar-refractivity contribution < 1.29 is 8.78 Å². The summed E-state index contributed by atoms with van der Waals surface area (Å²) in [4.78, 5) is 0. The molecule has 0 aliphatic carbocycles. The van der Waals surface area contributed by atoms with Crippen LogP contribution in [-0.2, 0) is 6.42 Å². The Kier molecular flexibility index (Phi) is 3.22. The lowest BCUT2D eigenvalue weighted by molar-refractivity contribution is 0.571. The average molecular weight is 236 g/mol. The molecule has 4 heteroatoms. The van der Waals surface area contributed by atoms with Gasteiger partial charge in [-0.1, -0.05) is 13.8 Å². The highest BCUT2D eigenvalue weighted by Gasteiger charge is 2.08. The SMILES string of the molecule is CC(C)Cc1ccn(-c2ccc(F)cc2F)n1. The van der Waals surface area contributed by atoms with Crippen molar-refractivity contribution in [3.63, 3.8) is 0 Å². The maximum absolute atomic E-state index is 13.5. The fourth-order valence-corrected chi connectivity index (χ4v) is 1.69. The quantitative estimate of drug-likeness (QED) is 0.799. The van der Waals surface area contributed by atoms with Crippen LogP contribution in [0.3, 0.4) is 0 Å². The Labute approximate surface area is 98.9 Å². The van der Waals surface area contributed by atoms with Gasteiger partial charge < -0.3 is 0 Å². The molecule has 1 heterocycles. The molecule has 1 aromatic carbocycles. The fraction of sp³-hybridized carbons (Fsp3) is 0.308. The van der Waals surface area contributed by atoms with Crippen molar-refractivity contribution in [1.82, 2.24) is 9.78 Å². The number of hydrogen-bond donors (Lipinski definition) is 0. The topological polar surface area (TPSA) is 17.8 Å². The standard InChI is InChI=1S/C13H14F2N2/c1-9(2)7-11-5-6-17(16-11)13-4-3-10(14)8-12(13)15/h3-6,8-9H,7H2,1-2H3. The minimum Gasteiger partial charge on any atom is -0.238 e. The molecule has 2 aromatic rings. The van der Waals surface area contributed by atoms with Crippen LogP contribution in [0.15, 0.2) is 30.5 Å². The molecule has 0 N–H and O–H groups in total. The van der Waals surface area contributed by atoms with Crippen LogP contribution >= 0.6 is 0 Å². The van der Waals surface area contributed by atoms with E-state index < -0.39 is 11.6 Å². The Morgan fingerprint density at radius 1 is 1.24 bits per heavy atom. The molecule has 0 unspecified atom stereocenters. The molecule has 0 atom stereocenters. The van der Waals surface area contributed by atoms with Crippen LogP contribution < -0.4 is 0 Å². The average Bonchev–Trinajstić information content (AvgIpc) is 2.65. The van der Waals surface area contributed by atoms with Crippen molar-refractivity contribution in [1.29, 1.82) is 0 Å². The first-order valence-electron chi connectivity index (χ1n) is 5.56. The molecule has 2 rings (SSSR count). The van der Waals surface area contributed by atoms with E-state index in [9.17, 15) is 8.78 Å². The molecule has 0 spiro atoms. The van der Waals surface area contributed by atoms with Crippen molar-refractivity contribution in [2.75, 3.05) is 0 Å². The number of halogens is 2. The predicted octanol–water partition coefficient (Wildman–Crippen LogP) is 3.35. The van der Waals surface area contributed by atoms with Gasteiger partial charge in [-0.2, -0.15) is 5.10 Å². The van der Waals surface area contributed by atoms with Gasteiger partial charge in [-0.05, 0) is 30.5 Å². The molecule has 17 heavy (non-hydrogen) atoms. The zero-order valence-corrected chi connectivity index (χ0v) is 9.82. The first-order valence-corrected chi connectivity index (χ1v) is 5.56. The summed E-state index contributed by atoms with van der Waals surface area (Å²) < 4.78 is 27.7. The Morgan fingerprint density at radius 2 is 2.00 bits per heavy atom. The first kappa shape index (κ1) is 11.8. The van der Waals surface area contributed by atoms with Crippen molar-refractivity contribution in [2.24, 2.45) is 5.92 Å². The molecule has 0 saturated carbocycles. The van der Waals surface area contributed by atoms with E-state index in [1.54, 1.807) is 6.20 Å². The summed E-state index contributed by atoms with van der Waals surface area (Å²) in [6.07, 6.45) is 2.53. The van der Waals surface area contributed by atoms with E-state index in [2.05, 4.69) is 18.9 Å². The molecule has 1 aromatic heterocycles. The van der Waals surface area contributed by atoms with Gasteiger partial charge in [0.1, 0.15) is 11.5 Å². The van der Waals surface area contributed by atoms with Crippen LogP contribution in [0.2, 0.25) is 0 Å². The zero-order chi connectivity index (χ0) is 12.4. The molecule has 90 valence electrons. The molecule has 0 amide bonds. The van der Waals surface area contributed by atoms with Gasteiger partial charge in [0.15, 0.2) is 5.82 Å². The van der Waals surface area contributed by atoms with Crippen molar-refractivity contribution in [2.45, 2.75) is 20.3 Å². The molecule has 2 nitrogen and oxygen atoms in total. The van der Waals surface area contributed by atoms with Crippen LogP contribution in [0, 0.1) is 17.6 Å². The summed E-state index contributed by atoms with van der Waals surface area (Å²) in [7, 11) is 0. The summed E-state index contributed by atoms with van der Waals surface area (Å²) in [6.45, 7) is 4.19. The Hall–Kier alpha value is -1.71. The highest BCUT2D eigenvalue weighted by atomic mass is 19.1. The van der Waals surface area contributed by atoms with Gasteiger partial charge in [0.2, 0.25) is 0 Å². The molecule has 0 aliphatic heterocycles. The predicted molar refractivity (Wildman–Crippen MR) is 62.0 cm³/mol. The van der Waals surface area contributed by atoms with Crippen LogP contribution in [0.1, 0.15) is 19.5 Å². The molecule has 0 saturated heterocycles. The summed E-state index contributed by atoms with van der Waals surface area (Å²) in [6, 6.07) is 5.32. The van der Waals surface area contributed by atoms with Crippen molar-refractivity contribution in [3.05, 3.63) is 47.8 Å². The number of hydrogen-bond acceptors (Lipinski definition) is 1. The second-order valence-electron chi connectivity index (χ2n) is 4.45. The normalized spacial score (nSPS) is 11.1. The number of benzene rings is 1. The Balaban J connectivity index is 2.30. The minimum atomic E-state index is -0.607. The fourth-order valence-electron chi connectivity index (χ4n) is 1.69. The third-order valence-electron chi connectivity index (χ3n) is 2.42. The molecule has 0 fully saturated rings. The highest BCUT2D eigenvalue weighted by Crippen LogP contribution is 2.15. The van der Waals surface area contributed by atoms with Crippen LogP contribution in [0.4, 0.5) is 8.78 Å². The largest absolute Gasteiger partial charge is 0.238 e. The van der Waals surface area contributed by atoms with E-state index in [4.69, 9.17) is 0 Å². The lowest BCUT2D eigenvalue weighted by Gasteiger charge is -2.03. The summed E-state index contributed by atoms with van der Waals surface area (Å²) in [5.41, 5.74) is 1.17. The van der Waals surface area contributed by atoms with Gasteiger partial charge in [0.05, 0.1) is 5.69 Å². The van der Waals surface area contributed by atoms with E-state index in [0.717, 1.165) is 18.2 Å². The minimum absolute atomic E-state index is 0.265. The molecular weight excluding hydrogens is 222 g/mol. The maximum Gasteiger partial charge on any atom is 0.151 e. The maximum atomic E-state index is 13.5. The van der Waals surface area contributed by atoms with Crippen molar-refractivity contribution in [3.8, 4) is 5.69 Å². The van der Waals surface area contributed by atoms with E-state index in [1.165, 1.54) is 16.8 Å². The summed E-state index contributed by atoms with van der Waals surface area (Å²) >= 11 is 0. The van der Waals surface area contributed by atoms with Gasteiger partial charge in [0.25, 0.3) is 0 Å². The number of aromatic nitrogens is 2. The number of nitrogens with zero attached hydrogens (tertiary/aromatic N) is 2. The third kappa shape index (κ3) is 2.70. The zero-order valence-electron chi connectivity index (χ0n) is 9.82. The van der Waals surface area contributed by atoms with E-state index in [0.29, 0.717) is 5.92 Å². The lowest BCUT2D eigenvalue weighted by Crippen LogP contribution is -2.01. The molecule has 0 aliphatic rings. The van der Waals surface area contributed by atoms with Crippen molar-refractivity contribution >= 4 is 0 Å². The third-order valence-corrected chi connectivity index (χ3v) is 2.42. The van der Waals surface area contributed by atoms with Gasteiger partial charge in [0, 0.05) is 12.3 Å². The smallest absolute Gasteiger partial charge is 0.151 e. The molecule has 0 bridgehead atoms. The van der Waals surface area contributed by atoms with Gasteiger partial charge in [-0.15, -0.1) is 0 Å². The second-order valence-corrected chi connectivity index (χ2v) is 4.45. The van der Waals surface area contributed by atoms with Gasteiger partial charge >= 0.3 is 0 Å². The summed E-state index contributed by atoms with van der Waals surface area (Å²) in [5.74, 6) is -0.693. The molecule has 0 radical (unpaired) electrons. The van der Waals surface area contributed by atoms with E-state index in [1.807, 2.05) is 6.07 Å². The second kappa shape index (κ2) is 4.65. The van der Waals surface area contributed by atoms with E-state index >= 15 is 0 Å². The van der Waals surface area contributed by atoms with E-state index in [-0.39, 0.29) is 5.69 Å². The first-order chi connectivity index (χ1) is 8.06.